The summed E-state index contributed by atoms with van der Waals surface area (Å²) in [5, 5.41) is 0. The topological polar surface area (TPSA) is 77.7 Å². The van der Waals surface area contributed by atoms with Gasteiger partial charge in [-0.15, -0.1) is 0 Å². The zero-order chi connectivity index (χ0) is 19.6. The Morgan fingerprint density at radius 1 is 1.22 bits per heavy atom. The fourth-order valence-electron chi connectivity index (χ4n) is 2.68. The van der Waals surface area contributed by atoms with Gasteiger partial charge in [0.15, 0.2) is 14.6 Å². The van der Waals surface area contributed by atoms with E-state index in [9.17, 15) is 13.2 Å². The number of methoxy groups -OCH3 is 1. The SMILES string of the molecule is COCCn1c(=NC(=O)c2cccc(S(C)(=O)=O)c2)sc2cc(C)ccc21. The van der Waals surface area contributed by atoms with Crippen molar-refractivity contribution in [3.63, 3.8) is 0 Å². The molecule has 0 fully saturated rings. The molecule has 6 nitrogen and oxygen atoms in total. The summed E-state index contributed by atoms with van der Waals surface area (Å²) in [7, 11) is -1.77. The Morgan fingerprint density at radius 2 is 2.00 bits per heavy atom. The summed E-state index contributed by atoms with van der Waals surface area (Å²) in [5.74, 6) is -0.477. The fraction of sp³-hybridized carbons (Fsp3) is 0.263. The van der Waals surface area contributed by atoms with E-state index in [0.29, 0.717) is 18.0 Å². The van der Waals surface area contributed by atoms with Gasteiger partial charge in [-0.1, -0.05) is 23.5 Å². The van der Waals surface area contributed by atoms with Crippen molar-refractivity contribution < 1.29 is 17.9 Å². The normalized spacial score (nSPS) is 12.6. The number of carbonyl (C=O) groups is 1. The molecule has 1 amide bonds. The number of carbonyl (C=O) groups excluding carboxylic acids is 1. The number of rotatable bonds is 5. The Hall–Kier alpha value is -2.29. The van der Waals surface area contributed by atoms with Crippen molar-refractivity contribution >= 4 is 37.3 Å². The lowest BCUT2D eigenvalue weighted by molar-refractivity contribution is 0.0997. The molecule has 0 bridgehead atoms. The zero-order valence-electron chi connectivity index (χ0n) is 15.3. The number of sulfone groups is 1. The summed E-state index contributed by atoms with van der Waals surface area (Å²) in [6.07, 6.45) is 1.11. The largest absolute Gasteiger partial charge is 0.383 e. The molecule has 0 aliphatic heterocycles. The first-order valence-electron chi connectivity index (χ1n) is 8.28. The Balaban J connectivity index is 2.11. The highest BCUT2D eigenvalue weighted by molar-refractivity contribution is 7.90. The summed E-state index contributed by atoms with van der Waals surface area (Å²) in [6, 6.07) is 12.0. The quantitative estimate of drug-likeness (QED) is 0.655. The molecule has 0 spiro atoms. The molecule has 27 heavy (non-hydrogen) atoms. The first-order valence-corrected chi connectivity index (χ1v) is 11.0. The van der Waals surface area contributed by atoms with Crippen LogP contribution >= 0.6 is 11.3 Å². The van der Waals surface area contributed by atoms with Crippen LogP contribution in [-0.2, 0) is 21.1 Å². The molecule has 1 heterocycles. The maximum Gasteiger partial charge on any atom is 0.279 e. The summed E-state index contributed by atoms with van der Waals surface area (Å²) < 4.78 is 31.6. The number of nitrogens with zero attached hydrogens (tertiary/aromatic N) is 2. The molecule has 1 aromatic heterocycles. The van der Waals surface area contributed by atoms with Crippen molar-refractivity contribution in [3.8, 4) is 0 Å². The minimum Gasteiger partial charge on any atom is -0.383 e. The molecule has 142 valence electrons. The van der Waals surface area contributed by atoms with Gasteiger partial charge in [0.2, 0.25) is 0 Å². The van der Waals surface area contributed by atoms with Crippen LogP contribution in [0.2, 0.25) is 0 Å². The minimum atomic E-state index is -3.39. The van der Waals surface area contributed by atoms with Gasteiger partial charge in [0.25, 0.3) is 5.91 Å². The molecule has 8 heteroatoms. The molecule has 0 N–H and O–H groups in total. The summed E-state index contributed by atoms with van der Waals surface area (Å²) >= 11 is 1.42. The van der Waals surface area contributed by atoms with Gasteiger partial charge < -0.3 is 9.30 Å². The molecule has 0 saturated carbocycles. The number of hydrogen-bond donors (Lipinski definition) is 0. The second-order valence-electron chi connectivity index (χ2n) is 6.22. The van der Waals surface area contributed by atoms with E-state index < -0.39 is 15.7 Å². The first kappa shape index (κ1) is 19.5. The van der Waals surface area contributed by atoms with Crippen LogP contribution in [0, 0.1) is 6.92 Å². The second kappa shape index (κ2) is 7.75. The zero-order valence-corrected chi connectivity index (χ0v) is 16.9. The third kappa shape index (κ3) is 4.35. The van der Waals surface area contributed by atoms with Gasteiger partial charge in [-0.3, -0.25) is 4.79 Å². The highest BCUT2D eigenvalue weighted by Gasteiger charge is 2.13. The number of ether oxygens (including phenoxy) is 1. The number of amides is 1. The van der Waals surface area contributed by atoms with E-state index in [4.69, 9.17) is 4.74 Å². The molecular weight excluding hydrogens is 384 g/mol. The van der Waals surface area contributed by atoms with Gasteiger partial charge in [-0.05, 0) is 42.8 Å². The maximum atomic E-state index is 12.7. The lowest BCUT2D eigenvalue weighted by Gasteiger charge is -2.04. The average Bonchev–Trinajstić information content (AvgIpc) is 2.95. The molecule has 0 atom stereocenters. The third-order valence-electron chi connectivity index (χ3n) is 4.06. The van der Waals surface area contributed by atoms with Gasteiger partial charge >= 0.3 is 0 Å². The molecular formula is C19H20N2O4S2. The van der Waals surface area contributed by atoms with E-state index >= 15 is 0 Å². The molecule has 3 aromatic rings. The maximum absolute atomic E-state index is 12.7. The van der Waals surface area contributed by atoms with Crippen LogP contribution in [0.1, 0.15) is 15.9 Å². The smallest absolute Gasteiger partial charge is 0.279 e. The molecule has 2 aromatic carbocycles. The number of thiazole rings is 1. The summed E-state index contributed by atoms with van der Waals surface area (Å²) in [6.45, 7) is 3.07. The monoisotopic (exact) mass is 404 g/mol. The van der Waals surface area contributed by atoms with Crippen molar-refractivity contribution in [2.24, 2.45) is 4.99 Å². The van der Waals surface area contributed by atoms with Crippen LogP contribution in [0.15, 0.2) is 52.4 Å². The Bertz CT molecular complexity index is 1170. The van der Waals surface area contributed by atoms with E-state index in [2.05, 4.69) is 11.1 Å². The lowest BCUT2D eigenvalue weighted by Crippen LogP contribution is -2.19. The predicted molar refractivity (Wildman–Crippen MR) is 106 cm³/mol. The summed E-state index contributed by atoms with van der Waals surface area (Å²) in [4.78, 5) is 17.6. The van der Waals surface area contributed by atoms with Crippen LogP contribution in [0.4, 0.5) is 0 Å². The number of aryl methyl sites for hydroxylation is 1. The van der Waals surface area contributed by atoms with Crippen molar-refractivity contribution in [1.29, 1.82) is 0 Å². The second-order valence-corrected chi connectivity index (χ2v) is 9.24. The highest BCUT2D eigenvalue weighted by Crippen LogP contribution is 2.19. The molecule has 0 radical (unpaired) electrons. The molecule has 3 rings (SSSR count). The van der Waals surface area contributed by atoms with Crippen LogP contribution < -0.4 is 4.80 Å². The fourth-order valence-corrected chi connectivity index (χ4v) is 4.50. The van der Waals surface area contributed by atoms with Crippen molar-refractivity contribution in [2.75, 3.05) is 20.0 Å². The van der Waals surface area contributed by atoms with Crippen LogP contribution in [-0.4, -0.2) is 38.9 Å². The highest BCUT2D eigenvalue weighted by atomic mass is 32.2. The molecule has 0 aliphatic carbocycles. The third-order valence-corrected chi connectivity index (χ3v) is 6.21. The van der Waals surface area contributed by atoms with Gasteiger partial charge in [0.1, 0.15) is 0 Å². The van der Waals surface area contributed by atoms with Crippen molar-refractivity contribution in [3.05, 3.63) is 58.4 Å². The summed E-state index contributed by atoms with van der Waals surface area (Å²) in [5.41, 5.74) is 2.35. The minimum absolute atomic E-state index is 0.0998. The van der Waals surface area contributed by atoms with E-state index in [1.807, 2.05) is 23.6 Å². The Morgan fingerprint density at radius 3 is 2.70 bits per heavy atom. The van der Waals surface area contributed by atoms with Crippen LogP contribution in [0.3, 0.4) is 0 Å². The van der Waals surface area contributed by atoms with Gasteiger partial charge in [-0.25, -0.2) is 8.42 Å². The molecule has 0 unspecified atom stereocenters. The molecule has 0 aliphatic rings. The molecule has 0 saturated heterocycles. The van der Waals surface area contributed by atoms with Crippen LogP contribution in [0.25, 0.3) is 10.2 Å². The number of aromatic nitrogens is 1. The Labute approximate surface area is 161 Å². The van der Waals surface area contributed by atoms with E-state index in [-0.39, 0.29) is 10.5 Å². The standard InChI is InChI=1S/C19H20N2O4S2/c1-13-7-8-16-17(11-13)26-19(21(16)9-10-25-2)20-18(22)14-5-4-6-15(12-14)27(3,23)24/h4-8,11-12H,9-10H2,1-3H3. The number of hydrogen-bond acceptors (Lipinski definition) is 5. The van der Waals surface area contributed by atoms with E-state index in [1.165, 1.54) is 23.5 Å². The number of fused-ring (bicyclic) bond motifs is 1. The van der Waals surface area contributed by atoms with Gasteiger partial charge in [0.05, 0.1) is 21.7 Å². The van der Waals surface area contributed by atoms with Gasteiger partial charge in [0, 0.05) is 25.5 Å². The number of benzene rings is 2. The van der Waals surface area contributed by atoms with Crippen molar-refractivity contribution in [2.45, 2.75) is 18.4 Å². The van der Waals surface area contributed by atoms with E-state index in [0.717, 1.165) is 22.0 Å². The van der Waals surface area contributed by atoms with E-state index in [1.54, 1.807) is 19.2 Å². The average molecular weight is 405 g/mol. The van der Waals surface area contributed by atoms with Crippen molar-refractivity contribution in [1.82, 2.24) is 4.57 Å². The first-order chi connectivity index (χ1) is 12.8. The predicted octanol–water partition coefficient (Wildman–Crippen LogP) is 2.80. The van der Waals surface area contributed by atoms with Crippen LogP contribution in [0.5, 0.6) is 0 Å². The van der Waals surface area contributed by atoms with Gasteiger partial charge in [-0.2, -0.15) is 4.99 Å². The Kier molecular flexibility index (Phi) is 5.59. The lowest BCUT2D eigenvalue weighted by atomic mass is 10.2.